The Hall–Kier alpha value is -1.67. The number of hydroxylamine groups is 2. The van der Waals surface area contributed by atoms with E-state index in [4.69, 9.17) is 4.84 Å². The highest BCUT2D eigenvalue weighted by Crippen LogP contribution is 2.20. The quantitative estimate of drug-likeness (QED) is 0.676. The number of piperidine rings is 1. The van der Waals surface area contributed by atoms with Crippen LogP contribution in [0.1, 0.15) is 33.1 Å². The zero-order valence-corrected chi connectivity index (χ0v) is 14.1. The van der Waals surface area contributed by atoms with Crippen LogP contribution in [-0.2, 0) is 14.4 Å². The molecule has 0 radical (unpaired) electrons. The standard InChI is InChI=1S/C15H26N4O4/c1-15(2)13(21)19(14(22)17-15)9-6-16-12(20)10-11-4-7-18(23-3)8-5-11/h11H,4-10H2,1-3H3,(H,16,20)(H,17,22). The first kappa shape index (κ1) is 17.7. The van der Waals surface area contributed by atoms with Crippen LogP contribution in [0, 0.1) is 5.92 Å². The second kappa shape index (κ2) is 7.27. The van der Waals surface area contributed by atoms with E-state index in [1.54, 1.807) is 21.0 Å². The highest BCUT2D eigenvalue weighted by atomic mass is 16.7. The maximum Gasteiger partial charge on any atom is 0.325 e. The zero-order chi connectivity index (χ0) is 17.0. The van der Waals surface area contributed by atoms with Gasteiger partial charge in [0, 0.05) is 32.6 Å². The Balaban J connectivity index is 1.67. The molecule has 0 bridgehead atoms. The van der Waals surface area contributed by atoms with Crippen molar-refractivity contribution in [2.45, 2.75) is 38.6 Å². The van der Waals surface area contributed by atoms with Gasteiger partial charge in [0.05, 0.1) is 7.11 Å². The van der Waals surface area contributed by atoms with Gasteiger partial charge in [-0.15, -0.1) is 0 Å². The van der Waals surface area contributed by atoms with Crippen LogP contribution in [0.3, 0.4) is 0 Å². The summed E-state index contributed by atoms with van der Waals surface area (Å²) in [4.78, 5) is 42.0. The third kappa shape index (κ3) is 4.42. The van der Waals surface area contributed by atoms with Gasteiger partial charge in [-0.25, -0.2) is 4.79 Å². The lowest BCUT2D eigenvalue weighted by molar-refractivity contribution is -0.149. The van der Waals surface area contributed by atoms with Gasteiger partial charge < -0.3 is 15.5 Å². The van der Waals surface area contributed by atoms with E-state index in [1.165, 1.54) is 0 Å². The van der Waals surface area contributed by atoms with Crippen LogP contribution < -0.4 is 10.6 Å². The fourth-order valence-corrected chi connectivity index (χ4v) is 2.96. The van der Waals surface area contributed by atoms with Crippen molar-refractivity contribution in [2.24, 2.45) is 5.92 Å². The van der Waals surface area contributed by atoms with Crippen molar-refractivity contribution in [1.29, 1.82) is 0 Å². The number of carbonyl (C=O) groups is 3. The Morgan fingerprint density at radius 2 is 2.00 bits per heavy atom. The van der Waals surface area contributed by atoms with Gasteiger partial charge in [0.25, 0.3) is 5.91 Å². The van der Waals surface area contributed by atoms with E-state index in [9.17, 15) is 14.4 Å². The summed E-state index contributed by atoms with van der Waals surface area (Å²) in [6.45, 7) is 5.49. The molecule has 2 N–H and O–H groups in total. The van der Waals surface area contributed by atoms with Crippen molar-refractivity contribution in [3.63, 3.8) is 0 Å². The molecule has 130 valence electrons. The summed E-state index contributed by atoms with van der Waals surface area (Å²) in [7, 11) is 1.66. The number of carbonyl (C=O) groups excluding carboxylic acids is 3. The summed E-state index contributed by atoms with van der Waals surface area (Å²) in [5.74, 6) is 0.0629. The smallest absolute Gasteiger partial charge is 0.325 e. The highest BCUT2D eigenvalue weighted by molar-refractivity contribution is 6.06. The van der Waals surface area contributed by atoms with Crippen molar-refractivity contribution in [3.05, 3.63) is 0 Å². The van der Waals surface area contributed by atoms with E-state index in [2.05, 4.69) is 10.6 Å². The Bertz CT molecular complexity index is 472. The van der Waals surface area contributed by atoms with Gasteiger partial charge in [0.2, 0.25) is 5.91 Å². The van der Waals surface area contributed by atoms with Crippen LogP contribution in [0.25, 0.3) is 0 Å². The molecule has 2 saturated heterocycles. The molecule has 0 saturated carbocycles. The molecule has 0 spiro atoms. The number of imide groups is 1. The van der Waals surface area contributed by atoms with E-state index in [-0.39, 0.29) is 24.9 Å². The Kier molecular flexibility index (Phi) is 5.59. The fourth-order valence-electron chi connectivity index (χ4n) is 2.96. The topological polar surface area (TPSA) is 91.0 Å². The summed E-state index contributed by atoms with van der Waals surface area (Å²) < 4.78 is 0. The third-order valence-corrected chi connectivity index (χ3v) is 4.41. The zero-order valence-electron chi connectivity index (χ0n) is 14.1. The largest absolute Gasteiger partial charge is 0.354 e. The summed E-state index contributed by atoms with van der Waals surface area (Å²) >= 11 is 0. The van der Waals surface area contributed by atoms with E-state index in [0.717, 1.165) is 30.8 Å². The summed E-state index contributed by atoms with van der Waals surface area (Å²) in [6.07, 6.45) is 2.34. The molecule has 0 atom stereocenters. The van der Waals surface area contributed by atoms with Crippen LogP contribution in [0.5, 0.6) is 0 Å². The molecule has 2 heterocycles. The lowest BCUT2D eigenvalue weighted by Gasteiger charge is -2.29. The van der Waals surface area contributed by atoms with Crippen molar-refractivity contribution in [1.82, 2.24) is 20.6 Å². The van der Waals surface area contributed by atoms with Gasteiger partial charge in [-0.05, 0) is 32.6 Å². The number of urea groups is 1. The third-order valence-electron chi connectivity index (χ3n) is 4.41. The predicted octanol–water partition coefficient (Wildman–Crippen LogP) is 0.0965. The lowest BCUT2D eigenvalue weighted by Crippen LogP contribution is -2.42. The second-order valence-corrected chi connectivity index (χ2v) is 6.62. The average molecular weight is 326 g/mol. The number of amides is 4. The van der Waals surface area contributed by atoms with Gasteiger partial charge in [0.1, 0.15) is 5.54 Å². The molecule has 4 amide bonds. The van der Waals surface area contributed by atoms with Gasteiger partial charge in [0.15, 0.2) is 0 Å². The first-order valence-electron chi connectivity index (χ1n) is 8.03. The summed E-state index contributed by atoms with van der Waals surface area (Å²) in [5, 5.41) is 7.30. The SMILES string of the molecule is CON1CCC(CC(=O)NCCN2C(=O)NC(C)(C)C2=O)CC1. The molecule has 0 aromatic rings. The predicted molar refractivity (Wildman–Crippen MR) is 83.3 cm³/mol. The van der Waals surface area contributed by atoms with Crippen LogP contribution in [0.2, 0.25) is 0 Å². The van der Waals surface area contributed by atoms with Crippen LogP contribution >= 0.6 is 0 Å². The van der Waals surface area contributed by atoms with Crippen molar-refractivity contribution in [2.75, 3.05) is 33.3 Å². The molecule has 0 aromatic carbocycles. The summed E-state index contributed by atoms with van der Waals surface area (Å²) in [5.41, 5.74) is -0.865. The molecule has 2 fully saturated rings. The molecule has 2 aliphatic heterocycles. The summed E-state index contributed by atoms with van der Waals surface area (Å²) in [6, 6.07) is -0.402. The van der Waals surface area contributed by atoms with Crippen LogP contribution in [0.15, 0.2) is 0 Å². The Morgan fingerprint density at radius 3 is 2.52 bits per heavy atom. The minimum absolute atomic E-state index is 0.0350. The lowest BCUT2D eigenvalue weighted by atomic mass is 9.94. The molecular formula is C15H26N4O4. The number of rotatable bonds is 6. The molecule has 2 rings (SSSR count). The second-order valence-electron chi connectivity index (χ2n) is 6.62. The first-order chi connectivity index (χ1) is 10.8. The normalized spacial score (nSPS) is 22.3. The molecule has 0 unspecified atom stereocenters. The van der Waals surface area contributed by atoms with Crippen LogP contribution in [0.4, 0.5) is 4.79 Å². The van der Waals surface area contributed by atoms with E-state index < -0.39 is 11.6 Å². The minimum atomic E-state index is -0.865. The number of nitrogens with zero attached hydrogens (tertiary/aromatic N) is 2. The van der Waals surface area contributed by atoms with Crippen LogP contribution in [-0.4, -0.2) is 66.6 Å². The van der Waals surface area contributed by atoms with E-state index in [1.807, 2.05) is 5.06 Å². The number of hydrogen-bond donors (Lipinski definition) is 2. The molecule has 8 nitrogen and oxygen atoms in total. The number of hydrogen-bond acceptors (Lipinski definition) is 5. The monoisotopic (exact) mass is 326 g/mol. The maximum atomic E-state index is 12.0. The molecular weight excluding hydrogens is 300 g/mol. The number of nitrogens with one attached hydrogen (secondary N) is 2. The van der Waals surface area contributed by atoms with E-state index in [0.29, 0.717) is 12.3 Å². The maximum absolute atomic E-state index is 12.0. The van der Waals surface area contributed by atoms with Crippen molar-refractivity contribution in [3.8, 4) is 0 Å². The van der Waals surface area contributed by atoms with Gasteiger partial charge in [-0.3, -0.25) is 14.5 Å². The Labute approximate surface area is 136 Å². The average Bonchev–Trinajstić information content (AvgIpc) is 2.69. The van der Waals surface area contributed by atoms with Gasteiger partial charge >= 0.3 is 6.03 Å². The minimum Gasteiger partial charge on any atom is -0.354 e. The Morgan fingerprint density at radius 1 is 1.35 bits per heavy atom. The van der Waals surface area contributed by atoms with Gasteiger partial charge in [-0.2, -0.15) is 5.06 Å². The molecule has 0 aromatic heterocycles. The van der Waals surface area contributed by atoms with E-state index >= 15 is 0 Å². The van der Waals surface area contributed by atoms with Crippen molar-refractivity contribution < 1.29 is 19.2 Å². The fraction of sp³-hybridized carbons (Fsp3) is 0.800. The van der Waals surface area contributed by atoms with Crippen molar-refractivity contribution >= 4 is 17.8 Å². The molecule has 0 aliphatic carbocycles. The highest BCUT2D eigenvalue weighted by Gasteiger charge is 2.43. The van der Waals surface area contributed by atoms with Gasteiger partial charge in [-0.1, -0.05) is 0 Å². The molecule has 23 heavy (non-hydrogen) atoms. The molecule has 8 heteroatoms. The first-order valence-corrected chi connectivity index (χ1v) is 8.03. The molecule has 2 aliphatic rings.